The SMILES string of the molecule is N=C(NCC(O)O)c1c(O)nsc1Nc1ccc(Oc2ccccc2Cl)cc1. The number of aliphatic hydroxyl groups is 2. The number of ether oxygens (including phenoxy) is 1. The van der Waals surface area contributed by atoms with Crippen LogP contribution in [0.25, 0.3) is 0 Å². The van der Waals surface area contributed by atoms with Crippen molar-refractivity contribution in [2.24, 2.45) is 0 Å². The maximum Gasteiger partial charge on any atom is 0.236 e. The van der Waals surface area contributed by atoms with Crippen LogP contribution >= 0.6 is 23.1 Å². The van der Waals surface area contributed by atoms with Crippen molar-refractivity contribution in [1.29, 1.82) is 5.41 Å². The van der Waals surface area contributed by atoms with Crippen LogP contribution in [0, 0.1) is 5.41 Å². The molecule has 6 N–H and O–H groups in total. The molecule has 0 atom stereocenters. The molecule has 3 rings (SSSR count). The van der Waals surface area contributed by atoms with Crippen LogP contribution in [-0.4, -0.2) is 38.4 Å². The molecule has 0 aliphatic rings. The predicted molar refractivity (Wildman–Crippen MR) is 108 cm³/mol. The molecule has 1 aromatic heterocycles. The molecule has 0 amide bonds. The molecule has 0 unspecified atom stereocenters. The fraction of sp³-hybridized carbons (Fsp3) is 0.111. The molecular weight excluding hydrogens is 404 g/mol. The molecule has 8 nitrogen and oxygen atoms in total. The Hall–Kier alpha value is -2.85. The molecule has 0 spiro atoms. The first-order chi connectivity index (χ1) is 13.4. The number of halogens is 1. The topological polar surface area (TPSA) is 131 Å². The average Bonchev–Trinajstić information content (AvgIpc) is 3.03. The van der Waals surface area contributed by atoms with Crippen LogP contribution in [0.15, 0.2) is 48.5 Å². The molecule has 2 aromatic carbocycles. The van der Waals surface area contributed by atoms with Gasteiger partial charge in [0.25, 0.3) is 0 Å². The second kappa shape index (κ2) is 8.89. The third kappa shape index (κ3) is 4.90. The highest BCUT2D eigenvalue weighted by molar-refractivity contribution is 7.11. The second-order valence-electron chi connectivity index (χ2n) is 5.63. The van der Waals surface area contributed by atoms with Gasteiger partial charge in [-0.25, -0.2) is 0 Å². The molecule has 0 radical (unpaired) electrons. The van der Waals surface area contributed by atoms with E-state index in [4.69, 9.17) is 32.0 Å². The minimum absolute atomic E-state index is 0.141. The molecule has 146 valence electrons. The Kier molecular flexibility index (Phi) is 6.32. The van der Waals surface area contributed by atoms with Crippen molar-refractivity contribution in [2.75, 3.05) is 11.9 Å². The van der Waals surface area contributed by atoms with Crippen LogP contribution in [0.1, 0.15) is 5.56 Å². The van der Waals surface area contributed by atoms with E-state index in [0.29, 0.717) is 27.2 Å². The zero-order chi connectivity index (χ0) is 20.1. The van der Waals surface area contributed by atoms with Crippen LogP contribution in [0.3, 0.4) is 0 Å². The van der Waals surface area contributed by atoms with Crippen molar-refractivity contribution in [3.8, 4) is 17.4 Å². The van der Waals surface area contributed by atoms with Gasteiger partial charge in [-0.05, 0) is 47.9 Å². The van der Waals surface area contributed by atoms with Gasteiger partial charge < -0.3 is 30.7 Å². The molecule has 0 aliphatic carbocycles. The van der Waals surface area contributed by atoms with Gasteiger partial charge in [-0.2, -0.15) is 4.37 Å². The molecule has 0 saturated carbocycles. The highest BCUT2D eigenvalue weighted by Gasteiger charge is 2.18. The van der Waals surface area contributed by atoms with Gasteiger partial charge in [0.15, 0.2) is 6.29 Å². The third-order valence-electron chi connectivity index (χ3n) is 3.56. The lowest BCUT2D eigenvalue weighted by molar-refractivity contribution is -0.0341. The number of aromatic nitrogens is 1. The summed E-state index contributed by atoms with van der Waals surface area (Å²) >= 11 is 7.06. The van der Waals surface area contributed by atoms with Crippen LogP contribution in [0.4, 0.5) is 10.7 Å². The van der Waals surface area contributed by atoms with Crippen molar-refractivity contribution in [2.45, 2.75) is 6.29 Å². The number of para-hydroxylation sites is 1. The van der Waals surface area contributed by atoms with E-state index in [9.17, 15) is 5.11 Å². The van der Waals surface area contributed by atoms with E-state index in [-0.39, 0.29) is 23.8 Å². The monoisotopic (exact) mass is 420 g/mol. The van der Waals surface area contributed by atoms with Gasteiger partial charge in [0, 0.05) is 5.69 Å². The number of hydrogen-bond donors (Lipinski definition) is 6. The first-order valence-electron chi connectivity index (χ1n) is 8.11. The van der Waals surface area contributed by atoms with E-state index in [0.717, 1.165) is 11.5 Å². The Labute approximate surface area is 169 Å². The Morgan fingerprint density at radius 3 is 2.57 bits per heavy atom. The molecule has 0 bridgehead atoms. The summed E-state index contributed by atoms with van der Waals surface area (Å²) in [5.74, 6) is 0.638. The van der Waals surface area contributed by atoms with E-state index in [1.807, 2.05) is 12.1 Å². The third-order valence-corrected chi connectivity index (χ3v) is 4.63. The Morgan fingerprint density at radius 1 is 1.18 bits per heavy atom. The summed E-state index contributed by atoms with van der Waals surface area (Å²) in [7, 11) is 0. The van der Waals surface area contributed by atoms with Gasteiger partial charge in [0.1, 0.15) is 27.9 Å². The first kappa shape index (κ1) is 19.9. The zero-order valence-corrected chi connectivity index (χ0v) is 16.0. The van der Waals surface area contributed by atoms with Gasteiger partial charge in [0.2, 0.25) is 5.88 Å². The largest absolute Gasteiger partial charge is 0.492 e. The minimum Gasteiger partial charge on any atom is -0.492 e. The number of amidine groups is 1. The molecule has 3 aromatic rings. The van der Waals surface area contributed by atoms with E-state index >= 15 is 0 Å². The fourth-order valence-corrected chi connectivity index (χ4v) is 3.16. The number of aromatic hydroxyl groups is 1. The van der Waals surface area contributed by atoms with Crippen molar-refractivity contribution >= 4 is 39.7 Å². The van der Waals surface area contributed by atoms with Crippen molar-refractivity contribution in [3.05, 3.63) is 59.1 Å². The predicted octanol–water partition coefficient (Wildman–Crippen LogP) is 3.26. The number of rotatable bonds is 7. The molecular formula is C18H17ClN4O4S. The van der Waals surface area contributed by atoms with Crippen LogP contribution in [0.5, 0.6) is 17.4 Å². The first-order valence-corrected chi connectivity index (χ1v) is 9.26. The summed E-state index contributed by atoms with van der Waals surface area (Å²) < 4.78 is 9.57. The second-order valence-corrected chi connectivity index (χ2v) is 6.81. The number of anilines is 2. The maximum atomic E-state index is 9.90. The molecule has 1 heterocycles. The number of benzene rings is 2. The molecule has 0 fully saturated rings. The summed E-state index contributed by atoms with van der Waals surface area (Å²) in [6, 6.07) is 14.2. The van der Waals surface area contributed by atoms with Crippen LogP contribution in [0.2, 0.25) is 5.02 Å². The fourth-order valence-electron chi connectivity index (χ4n) is 2.27. The van der Waals surface area contributed by atoms with Gasteiger partial charge >= 0.3 is 0 Å². The lowest BCUT2D eigenvalue weighted by atomic mass is 10.2. The summed E-state index contributed by atoms with van der Waals surface area (Å²) in [4.78, 5) is 0. The Morgan fingerprint density at radius 2 is 1.89 bits per heavy atom. The maximum absolute atomic E-state index is 9.90. The molecule has 0 saturated heterocycles. The number of nitrogens with zero attached hydrogens (tertiary/aromatic N) is 1. The summed E-state index contributed by atoms with van der Waals surface area (Å²) in [5.41, 5.74) is 0.827. The molecule has 0 aliphatic heterocycles. The quantitative estimate of drug-likeness (QED) is 0.196. The van der Waals surface area contributed by atoms with Gasteiger partial charge in [-0.1, -0.05) is 23.7 Å². The van der Waals surface area contributed by atoms with Gasteiger partial charge in [-0.3, -0.25) is 5.41 Å². The summed E-state index contributed by atoms with van der Waals surface area (Å²) in [6.45, 7) is -0.248. The number of aliphatic hydroxyl groups excluding tert-OH is 1. The summed E-state index contributed by atoms with van der Waals surface area (Å²) in [6.07, 6.45) is -1.61. The van der Waals surface area contributed by atoms with Crippen LogP contribution < -0.4 is 15.4 Å². The van der Waals surface area contributed by atoms with E-state index in [1.54, 1.807) is 36.4 Å². The zero-order valence-electron chi connectivity index (χ0n) is 14.4. The average molecular weight is 421 g/mol. The normalized spacial score (nSPS) is 10.7. The highest BCUT2D eigenvalue weighted by Crippen LogP contribution is 2.33. The Bertz CT molecular complexity index is 962. The lowest BCUT2D eigenvalue weighted by Gasteiger charge is -2.11. The molecule has 28 heavy (non-hydrogen) atoms. The van der Waals surface area contributed by atoms with Crippen molar-refractivity contribution in [1.82, 2.24) is 9.69 Å². The standard InChI is InChI=1S/C18H17ClN4O4S/c19-12-3-1-2-4-13(12)27-11-7-5-10(6-8-11)22-18-15(17(26)23-28-18)16(20)21-9-14(24)25/h1-8,14,22,24-25H,9H2,(H2,20,21)(H,23,26). The summed E-state index contributed by atoms with van der Waals surface area (Å²) in [5, 5.41) is 42.2. The van der Waals surface area contributed by atoms with Gasteiger partial charge in [-0.15, -0.1) is 0 Å². The Balaban J connectivity index is 1.71. The van der Waals surface area contributed by atoms with E-state index in [2.05, 4.69) is 15.0 Å². The number of hydrogen-bond acceptors (Lipinski definition) is 8. The highest BCUT2D eigenvalue weighted by atomic mass is 35.5. The smallest absolute Gasteiger partial charge is 0.236 e. The van der Waals surface area contributed by atoms with Gasteiger partial charge in [0.05, 0.1) is 11.6 Å². The van der Waals surface area contributed by atoms with Crippen molar-refractivity contribution < 1.29 is 20.1 Å². The van der Waals surface area contributed by atoms with E-state index in [1.165, 1.54) is 0 Å². The van der Waals surface area contributed by atoms with Crippen molar-refractivity contribution in [3.63, 3.8) is 0 Å². The lowest BCUT2D eigenvalue weighted by Crippen LogP contribution is -2.32. The molecule has 10 heteroatoms. The number of nitrogens with one attached hydrogen (secondary N) is 3. The van der Waals surface area contributed by atoms with E-state index < -0.39 is 6.29 Å². The minimum atomic E-state index is -1.61. The van der Waals surface area contributed by atoms with Crippen LogP contribution in [-0.2, 0) is 0 Å².